The van der Waals surface area contributed by atoms with E-state index in [9.17, 15) is 9.00 Å². The molecular weight excluding hydrogens is 356 g/mol. The monoisotopic (exact) mass is 370 g/mol. The van der Waals surface area contributed by atoms with Gasteiger partial charge >= 0.3 is 0 Å². The molecule has 1 aromatic carbocycles. The van der Waals surface area contributed by atoms with Gasteiger partial charge in [0.2, 0.25) is 5.91 Å². The molecule has 112 valence electrons. The summed E-state index contributed by atoms with van der Waals surface area (Å²) in [4.78, 5) is 12.5. The van der Waals surface area contributed by atoms with Crippen molar-refractivity contribution in [3.8, 4) is 0 Å². The summed E-state index contributed by atoms with van der Waals surface area (Å²) in [5.41, 5.74) is 6.24. The van der Waals surface area contributed by atoms with E-state index in [-0.39, 0.29) is 12.5 Å². The molecule has 1 aromatic heterocycles. The molecule has 0 aliphatic rings. The van der Waals surface area contributed by atoms with Crippen molar-refractivity contribution in [2.75, 3.05) is 5.73 Å². The number of carbonyl (C=O) groups is 1. The molecule has 0 saturated carbocycles. The summed E-state index contributed by atoms with van der Waals surface area (Å²) < 4.78 is 18.3. The highest BCUT2D eigenvalue weighted by atomic mass is 79.9. The molecule has 2 unspecified atom stereocenters. The highest BCUT2D eigenvalue weighted by molar-refractivity contribution is 9.10. The SMILES string of the molecule is CC(C(=O)NCc1ccco1)S(=O)c1ccc(Br)cc1N. The van der Waals surface area contributed by atoms with Gasteiger partial charge in [-0.05, 0) is 37.3 Å². The Balaban J connectivity index is 2.02. The second-order valence-electron chi connectivity index (χ2n) is 4.42. The smallest absolute Gasteiger partial charge is 0.236 e. The van der Waals surface area contributed by atoms with Crippen LogP contribution in [0.25, 0.3) is 0 Å². The molecule has 0 fully saturated rings. The predicted molar refractivity (Wildman–Crippen MR) is 85.0 cm³/mol. The summed E-state index contributed by atoms with van der Waals surface area (Å²) in [5.74, 6) is 0.330. The van der Waals surface area contributed by atoms with Gasteiger partial charge in [-0.2, -0.15) is 0 Å². The Hall–Kier alpha value is -1.60. The fourth-order valence-corrected chi connectivity index (χ4v) is 3.25. The minimum absolute atomic E-state index is 0.267. The quantitative estimate of drug-likeness (QED) is 0.791. The molecule has 21 heavy (non-hydrogen) atoms. The first kappa shape index (κ1) is 15.8. The molecule has 1 heterocycles. The summed E-state index contributed by atoms with van der Waals surface area (Å²) >= 11 is 3.29. The topological polar surface area (TPSA) is 85.3 Å². The van der Waals surface area contributed by atoms with Gasteiger partial charge in [-0.25, -0.2) is 0 Å². The summed E-state index contributed by atoms with van der Waals surface area (Å²) in [6.07, 6.45) is 1.53. The van der Waals surface area contributed by atoms with E-state index in [2.05, 4.69) is 21.2 Å². The van der Waals surface area contributed by atoms with Gasteiger partial charge in [-0.15, -0.1) is 0 Å². The van der Waals surface area contributed by atoms with E-state index in [4.69, 9.17) is 10.2 Å². The number of anilines is 1. The second kappa shape index (κ2) is 6.91. The van der Waals surface area contributed by atoms with Crippen molar-refractivity contribution in [1.82, 2.24) is 5.32 Å². The third-order valence-electron chi connectivity index (χ3n) is 2.90. The van der Waals surface area contributed by atoms with Gasteiger partial charge in [0.25, 0.3) is 0 Å². The van der Waals surface area contributed by atoms with Crippen molar-refractivity contribution in [3.05, 3.63) is 46.8 Å². The van der Waals surface area contributed by atoms with Crippen molar-refractivity contribution in [2.45, 2.75) is 23.6 Å². The Bertz CT molecular complexity index is 658. The fraction of sp³-hybridized carbons (Fsp3) is 0.214. The summed E-state index contributed by atoms with van der Waals surface area (Å²) in [6, 6.07) is 8.57. The van der Waals surface area contributed by atoms with Gasteiger partial charge in [0, 0.05) is 10.2 Å². The third kappa shape index (κ3) is 3.95. The molecule has 0 spiro atoms. The van der Waals surface area contributed by atoms with Gasteiger partial charge in [0.15, 0.2) is 0 Å². The van der Waals surface area contributed by atoms with Crippen LogP contribution in [-0.4, -0.2) is 15.4 Å². The fourth-order valence-electron chi connectivity index (χ4n) is 1.72. The highest BCUT2D eigenvalue weighted by Gasteiger charge is 2.23. The molecule has 0 radical (unpaired) electrons. The maximum absolute atomic E-state index is 12.4. The minimum Gasteiger partial charge on any atom is -0.467 e. The lowest BCUT2D eigenvalue weighted by Gasteiger charge is -2.13. The maximum atomic E-state index is 12.4. The Morgan fingerprint density at radius 1 is 1.48 bits per heavy atom. The number of amides is 1. The number of furan rings is 1. The zero-order chi connectivity index (χ0) is 15.4. The zero-order valence-electron chi connectivity index (χ0n) is 11.3. The molecule has 7 heteroatoms. The molecule has 2 rings (SSSR count). The summed E-state index contributed by atoms with van der Waals surface area (Å²) in [7, 11) is -1.51. The molecule has 2 aromatic rings. The molecular formula is C14H15BrN2O3S. The number of benzene rings is 1. The van der Waals surface area contributed by atoms with Crippen LogP contribution in [0.5, 0.6) is 0 Å². The molecule has 0 saturated heterocycles. The average Bonchev–Trinajstić information content (AvgIpc) is 2.96. The van der Waals surface area contributed by atoms with Crippen LogP contribution in [0, 0.1) is 0 Å². The minimum atomic E-state index is -1.51. The van der Waals surface area contributed by atoms with Crippen LogP contribution < -0.4 is 11.1 Å². The van der Waals surface area contributed by atoms with Crippen molar-refractivity contribution in [3.63, 3.8) is 0 Å². The second-order valence-corrected chi connectivity index (χ2v) is 7.08. The molecule has 0 aliphatic heterocycles. The maximum Gasteiger partial charge on any atom is 0.236 e. The Kier molecular flexibility index (Phi) is 5.19. The lowest BCUT2D eigenvalue weighted by molar-refractivity contribution is -0.120. The van der Waals surface area contributed by atoms with Gasteiger partial charge in [-0.1, -0.05) is 15.9 Å². The van der Waals surface area contributed by atoms with E-state index in [0.717, 1.165) is 4.47 Å². The van der Waals surface area contributed by atoms with Crippen molar-refractivity contribution in [2.24, 2.45) is 0 Å². The van der Waals surface area contributed by atoms with Crippen LogP contribution in [0.15, 0.2) is 50.4 Å². The first-order valence-electron chi connectivity index (χ1n) is 6.24. The molecule has 2 atom stereocenters. The lowest BCUT2D eigenvalue weighted by Crippen LogP contribution is -2.35. The van der Waals surface area contributed by atoms with Crippen molar-refractivity contribution < 1.29 is 13.4 Å². The number of rotatable bonds is 5. The van der Waals surface area contributed by atoms with E-state index < -0.39 is 16.0 Å². The Morgan fingerprint density at radius 3 is 2.86 bits per heavy atom. The van der Waals surface area contributed by atoms with E-state index in [1.165, 1.54) is 6.26 Å². The van der Waals surface area contributed by atoms with Gasteiger partial charge < -0.3 is 15.5 Å². The molecule has 0 aliphatic carbocycles. The van der Waals surface area contributed by atoms with Crippen LogP contribution in [0.1, 0.15) is 12.7 Å². The predicted octanol–water partition coefficient (Wildman–Crippen LogP) is 2.44. The van der Waals surface area contributed by atoms with E-state index >= 15 is 0 Å². The van der Waals surface area contributed by atoms with Crippen LogP contribution >= 0.6 is 15.9 Å². The molecule has 3 N–H and O–H groups in total. The van der Waals surface area contributed by atoms with E-state index in [1.54, 1.807) is 37.3 Å². The number of hydrogen-bond acceptors (Lipinski definition) is 4. The highest BCUT2D eigenvalue weighted by Crippen LogP contribution is 2.23. The standard InChI is InChI=1S/C14H15BrN2O3S/c1-9(14(18)17-8-11-3-2-6-20-11)21(19)13-5-4-10(15)7-12(13)16/h2-7,9H,8,16H2,1H3,(H,17,18). The van der Waals surface area contributed by atoms with E-state index in [1.807, 2.05) is 0 Å². The number of carbonyl (C=O) groups excluding carboxylic acids is 1. The van der Waals surface area contributed by atoms with Crippen LogP contribution in [0.3, 0.4) is 0 Å². The number of halogens is 1. The van der Waals surface area contributed by atoms with Crippen LogP contribution in [0.2, 0.25) is 0 Å². The first-order valence-corrected chi connectivity index (χ1v) is 8.25. The lowest BCUT2D eigenvalue weighted by atomic mass is 10.3. The number of nitrogens with two attached hydrogens (primary N) is 1. The van der Waals surface area contributed by atoms with Crippen molar-refractivity contribution >= 4 is 38.3 Å². The number of nitrogens with one attached hydrogen (secondary N) is 1. The average molecular weight is 371 g/mol. The molecule has 5 nitrogen and oxygen atoms in total. The Labute approximate surface area is 133 Å². The number of hydrogen-bond donors (Lipinski definition) is 2. The zero-order valence-corrected chi connectivity index (χ0v) is 13.7. The summed E-state index contributed by atoms with van der Waals surface area (Å²) in [5, 5.41) is 1.99. The van der Waals surface area contributed by atoms with Crippen LogP contribution in [0.4, 0.5) is 5.69 Å². The summed E-state index contributed by atoms with van der Waals surface area (Å²) in [6.45, 7) is 1.87. The molecule has 0 bridgehead atoms. The van der Waals surface area contributed by atoms with Gasteiger partial charge in [-0.3, -0.25) is 9.00 Å². The first-order chi connectivity index (χ1) is 9.99. The molecule has 1 amide bonds. The van der Waals surface area contributed by atoms with E-state index in [0.29, 0.717) is 16.3 Å². The van der Waals surface area contributed by atoms with Gasteiger partial charge in [0.1, 0.15) is 11.0 Å². The van der Waals surface area contributed by atoms with Crippen LogP contribution in [-0.2, 0) is 22.1 Å². The normalized spacial score (nSPS) is 13.6. The third-order valence-corrected chi connectivity index (χ3v) is 5.05. The Morgan fingerprint density at radius 2 is 2.24 bits per heavy atom. The largest absolute Gasteiger partial charge is 0.467 e. The number of nitrogen functional groups attached to an aromatic ring is 1. The van der Waals surface area contributed by atoms with Gasteiger partial charge in [0.05, 0.1) is 28.5 Å². The van der Waals surface area contributed by atoms with Crippen molar-refractivity contribution in [1.29, 1.82) is 0 Å².